The Kier molecular flexibility index (Phi) is 3.76. The average molecular weight is 273 g/mol. The van der Waals surface area contributed by atoms with Crippen LogP contribution in [0.25, 0.3) is 0 Å². The number of benzene rings is 1. The standard InChI is InChI=1S/C11H13BrOS/c12-6-7-13-10-5-1-3-9-4-2-8-14-11(9)10/h1,3,5H,2,4,6-8H2. The van der Waals surface area contributed by atoms with Crippen LogP contribution in [0.5, 0.6) is 5.75 Å². The van der Waals surface area contributed by atoms with Gasteiger partial charge in [-0.25, -0.2) is 0 Å². The van der Waals surface area contributed by atoms with Crippen molar-refractivity contribution >= 4 is 27.7 Å². The Morgan fingerprint density at radius 2 is 2.36 bits per heavy atom. The Morgan fingerprint density at radius 3 is 3.21 bits per heavy atom. The molecule has 0 amide bonds. The third kappa shape index (κ3) is 2.26. The molecule has 1 aliphatic heterocycles. The van der Waals surface area contributed by atoms with E-state index in [-0.39, 0.29) is 0 Å². The van der Waals surface area contributed by atoms with E-state index >= 15 is 0 Å². The highest BCUT2D eigenvalue weighted by molar-refractivity contribution is 9.09. The van der Waals surface area contributed by atoms with Crippen LogP contribution in [-0.4, -0.2) is 17.7 Å². The minimum absolute atomic E-state index is 0.747. The first-order valence-electron chi connectivity index (χ1n) is 4.85. The Labute approximate surface area is 97.4 Å². The van der Waals surface area contributed by atoms with Gasteiger partial charge in [-0.05, 0) is 30.2 Å². The molecule has 0 saturated carbocycles. The van der Waals surface area contributed by atoms with Gasteiger partial charge in [-0.1, -0.05) is 28.1 Å². The summed E-state index contributed by atoms with van der Waals surface area (Å²) in [5, 5.41) is 0.890. The number of thioether (sulfide) groups is 1. The van der Waals surface area contributed by atoms with Gasteiger partial charge in [0.25, 0.3) is 0 Å². The molecule has 3 heteroatoms. The molecule has 0 aliphatic carbocycles. The quantitative estimate of drug-likeness (QED) is 0.779. The van der Waals surface area contributed by atoms with E-state index < -0.39 is 0 Å². The van der Waals surface area contributed by atoms with Crippen LogP contribution >= 0.6 is 27.7 Å². The lowest BCUT2D eigenvalue weighted by Crippen LogP contribution is -2.04. The lowest BCUT2D eigenvalue weighted by atomic mass is 10.1. The van der Waals surface area contributed by atoms with E-state index in [1.807, 2.05) is 11.8 Å². The number of alkyl halides is 1. The van der Waals surface area contributed by atoms with Gasteiger partial charge < -0.3 is 4.74 Å². The van der Waals surface area contributed by atoms with E-state index in [0.717, 1.165) is 17.7 Å². The molecule has 0 radical (unpaired) electrons. The molecule has 14 heavy (non-hydrogen) atoms. The monoisotopic (exact) mass is 272 g/mol. The predicted molar refractivity (Wildman–Crippen MR) is 64.8 cm³/mol. The zero-order valence-electron chi connectivity index (χ0n) is 7.96. The summed E-state index contributed by atoms with van der Waals surface area (Å²) in [7, 11) is 0. The van der Waals surface area contributed by atoms with Gasteiger partial charge in [0.2, 0.25) is 0 Å². The maximum absolute atomic E-state index is 5.69. The number of hydrogen-bond donors (Lipinski definition) is 0. The van der Waals surface area contributed by atoms with Crippen molar-refractivity contribution in [2.75, 3.05) is 17.7 Å². The molecular weight excluding hydrogens is 260 g/mol. The Bertz CT molecular complexity index is 314. The van der Waals surface area contributed by atoms with Crippen molar-refractivity contribution in [3.8, 4) is 5.75 Å². The molecule has 1 nitrogen and oxygen atoms in total. The molecule has 2 rings (SSSR count). The second kappa shape index (κ2) is 5.08. The van der Waals surface area contributed by atoms with Gasteiger partial charge in [-0.15, -0.1) is 11.8 Å². The van der Waals surface area contributed by atoms with Gasteiger partial charge >= 0.3 is 0 Å². The fourth-order valence-electron chi connectivity index (χ4n) is 1.62. The van der Waals surface area contributed by atoms with Crippen molar-refractivity contribution < 1.29 is 4.74 Å². The Hall–Kier alpha value is -0.150. The summed E-state index contributed by atoms with van der Waals surface area (Å²) in [5.74, 6) is 2.29. The fourth-order valence-corrected chi connectivity index (χ4v) is 2.90. The highest BCUT2D eigenvalue weighted by atomic mass is 79.9. The second-order valence-electron chi connectivity index (χ2n) is 3.23. The van der Waals surface area contributed by atoms with Gasteiger partial charge in [0.1, 0.15) is 5.75 Å². The number of rotatable bonds is 3. The van der Waals surface area contributed by atoms with E-state index in [1.165, 1.54) is 29.1 Å². The lowest BCUT2D eigenvalue weighted by Gasteiger charge is -2.18. The topological polar surface area (TPSA) is 9.23 Å². The second-order valence-corrected chi connectivity index (χ2v) is 5.13. The van der Waals surface area contributed by atoms with Gasteiger partial charge in [0, 0.05) is 5.33 Å². The minimum atomic E-state index is 0.747. The van der Waals surface area contributed by atoms with Crippen LogP contribution in [0.2, 0.25) is 0 Å². The number of halogens is 1. The molecule has 0 unspecified atom stereocenters. The molecule has 1 aromatic rings. The molecular formula is C11H13BrOS. The number of hydrogen-bond acceptors (Lipinski definition) is 2. The molecule has 1 heterocycles. The molecule has 0 aromatic heterocycles. The van der Waals surface area contributed by atoms with E-state index in [1.54, 1.807) is 0 Å². The minimum Gasteiger partial charge on any atom is -0.492 e. The first-order valence-corrected chi connectivity index (χ1v) is 6.96. The third-order valence-electron chi connectivity index (χ3n) is 2.23. The molecule has 0 bridgehead atoms. The van der Waals surface area contributed by atoms with Gasteiger partial charge in [0.05, 0.1) is 11.5 Å². The van der Waals surface area contributed by atoms with E-state index in [2.05, 4.69) is 34.1 Å². The fraction of sp³-hybridized carbons (Fsp3) is 0.455. The summed E-state index contributed by atoms with van der Waals surface area (Å²) in [4.78, 5) is 1.36. The van der Waals surface area contributed by atoms with Crippen LogP contribution in [-0.2, 0) is 6.42 Å². The predicted octanol–water partition coefficient (Wildman–Crippen LogP) is 3.50. The van der Waals surface area contributed by atoms with Crippen molar-refractivity contribution in [3.05, 3.63) is 23.8 Å². The summed E-state index contributed by atoms with van der Waals surface area (Å²) >= 11 is 5.30. The zero-order valence-corrected chi connectivity index (χ0v) is 10.4. The molecule has 0 fully saturated rings. The molecule has 0 atom stereocenters. The molecule has 76 valence electrons. The Morgan fingerprint density at radius 1 is 1.43 bits per heavy atom. The van der Waals surface area contributed by atoms with Gasteiger partial charge in [-0.3, -0.25) is 0 Å². The maximum Gasteiger partial charge on any atom is 0.133 e. The van der Waals surface area contributed by atoms with Crippen LogP contribution in [0.15, 0.2) is 23.1 Å². The number of aryl methyl sites for hydroxylation is 1. The summed E-state index contributed by atoms with van der Waals surface area (Å²) in [6, 6.07) is 6.37. The number of ether oxygens (including phenoxy) is 1. The van der Waals surface area contributed by atoms with Crippen LogP contribution in [0.4, 0.5) is 0 Å². The van der Waals surface area contributed by atoms with Gasteiger partial charge in [0.15, 0.2) is 0 Å². The molecule has 0 saturated heterocycles. The summed E-state index contributed by atoms with van der Waals surface area (Å²) in [6.07, 6.45) is 2.49. The largest absolute Gasteiger partial charge is 0.492 e. The third-order valence-corrected chi connectivity index (χ3v) is 3.80. The summed E-state index contributed by atoms with van der Waals surface area (Å²) < 4.78 is 5.69. The average Bonchev–Trinajstić information content (AvgIpc) is 2.26. The van der Waals surface area contributed by atoms with Crippen LogP contribution < -0.4 is 4.74 Å². The van der Waals surface area contributed by atoms with Crippen molar-refractivity contribution in [2.45, 2.75) is 17.7 Å². The zero-order chi connectivity index (χ0) is 9.80. The summed E-state index contributed by atoms with van der Waals surface area (Å²) in [6.45, 7) is 0.747. The van der Waals surface area contributed by atoms with Crippen LogP contribution in [0.3, 0.4) is 0 Å². The smallest absolute Gasteiger partial charge is 0.133 e. The first-order chi connectivity index (χ1) is 6.92. The Balaban J connectivity index is 2.21. The van der Waals surface area contributed by atoms with Gasteiger partial charge in [-0.2, -0.15) is 0 Å². The van der Waals surface area contributed by atoms with Crippen molar-refractivity contribution in [2.24, 2.45) is 0 Å². The van der Waals surface area contributed by atoms with E-state index in [9.17, 15) is 0 Å². The van der Waals surface area contributed by atoms with Crippen molar-refractivity contribution in [1.29, 1.82) is 0 Å². The highest BCUT2D eigenvalue weighted by Crippen LogP contribution is 2.37. The van der Waals surface area contributed by atoms with E-state index in [4.69, 9.17) is 4.74 Å². The number of fused-ring (bicyclic) bond motifs is 1. The molecule has 1 aromatic carbocycles. The summed E-state index contributed by atoms with van der Waals surface area (Å²) in [5.41, 5.74) is 1.45. The van der Waals surface area contributed by atoms with Crippen LogP contribution in [0, 0.1) is 0 Å². The molecule has 0 spiro atoms. The molecule has 1 aliphatic rings. The highest BCUT2D eigenvalue weighted by Gasteiger charge is 2.13. The maximum atomic E-state index is 5.69. The van der Waals surface area contributed by atoms with Crippen molar-refractivity contribution in [3.63, 3.8) is 0 Å². The van der Waals surface area contributed by atoms with Crippen LogP contribution in [0.1, 0.15) is 12.0 Å². The van der Waals surface area contributed by atoms with E-state index in [0.29, 0.717) is 0 Å². The SMILES string of the molecule is BrCCOc1cccc2c1SCCC2. The first kappa shape index (κ1) is 10.4. The lowest BCUT2D eigenvalue weighted by molar-refractivity contribution is 0.336. The normalized spacial score (nSPS) is 14.9. The van der Waals surface area contributed by atoms with Crippen molar-refractivity contribution in [1.82, 2.24) is 0 Å². The molecule has 0 N–H and O–H groups in total.